The van der Waals surface area contributed by atoms with E-state index >= 15 is 0 Å². The van der Waals surface area contributed by atoms with Crippen molar-refractivity contribution in [2.45, 2.75) is 96.8 Å². The molecular formula is C29H39F5N8O2. The van der Waals surface area contributed by atoms with Gasteiger partial charge in [-0.3, -0.25) is 14.3 Å². The van der Waals surface area contributed by atoms with Gasteiger partial charge in [0.2, 0.25) is 11.8 Å². The number of imidazole rings is 1. The normalized spacial score (nSPS) is 17.1. The molecule has 10 nitrogen and oxygen atoms in total. The summed E-state index contributed by atoms with van der Waals surface area (Å²) in [6.07, 6.45) is 9.77. The molecule has 0 aromatic carbocycles. The Morgan fingerprint density at radius 2 is 1.93 bits per heavy atom. The van der Waals surface area contributed by atoms with Gasteiger partial charge in [0.25, 0.3) is 11.7 Å². The number of alkyl halides is 5. The number of nitrogens with zero attached hydrogens (tertiary/aromatic N) is 6. The van der Waals surface area contributed by atoms with E-state index < -0.39 is 18.6 Å². The zero-order valence-corrected chi connectivity index (χ0v) is 24.9. The summed E-state index contributed by atoms with van der Waals surface area (Å²) in [4.78, 5) is 32.7. The molecule has 15 heteroatoms. The third-order valence-corrected chi connectivity index (χ3v) is 7.42. The van der Waals surface area contributed by atoms with Crippen LogP contribution in [0.25, 0.3) is 5.78 Å². The Balaban J connectivity index is 0.000000407. The third-order valence-electron chi connectivity index (χ3n) is 7.42. The maximum absolute atomic E-state index is 13.8. The van der Waals surface area contributed by atoms with Crippen LogP contribution in [0.2, 0.25) is 0 Å². The standard InChI is InChI=1S/C23H29F2N7O.C5H9NO.CHF3/c1-4-6-7-17-15(3)30-32-14-18(28-22(32)27-17)20(16-8-11-23(24,25)12-9-16)29-21(33)19-10-13-26-31(19)5-2;7-5-3-1-2-4-6-5;2-1(3)4/h4,10,13-14,16,20H,1,5-9,11-12H2,2-3H3,(H,29,33);1-4H2,(H,6,7);1H. The Labute approximate surface area is 252 Å². The number of rotatable bonds is 8. The summed E-state index contributed by atoms with van der Waals surface area (Å²) < 4.78 is 59.9. The fourth-order valence-electron chi connectivity index (χ4n) is 5.12. The van der Waals surface area contributed by atoms with Gasteiger partial charge in [-0.2, -0.15) is 23.4 Å². The molecular weight excluding hydrogens is 587 g/mol. The fourth-order valence-corrected chi connectivity index (χ4v) is 5.12. The van der Waals surface area contributed by atoms with E-state index in [4.69, 9.17) is 0 Å². The van der Waals surface area contributed by atoms with Crippen LogP contribution < -0.4 is 10.6 Å². The smallest absolute Gasteiger partial charge is 0.356 e. The van der Waals surface area contributed by atoms with Crippen molar-refractivity contribution in [3.8, 4) is 0 Å². The summed E-state index contributed by atoms with van der Waals surface area (Å²) in [5.74, 6) is -2.50. The molecule has 3 aromatic rings. The minimum Gasteiger partial charge on any atom is -0.356 e. The molecule has 242 valence electrons. The van der Waals surface area contributed by atoms with E-state index in [1.165, 1.54) is 0 Å². The molecule has 2 N–H and O–H groups in total. The average Bonchev–Trinajstić information content (AvgIpc) is 3.62. The van der Waals surface area contributed by atoms with Gasteiger partial charge in [0.15, 0.2) is 0 Å². The van der Waals surface area contributed by atoms with Gasteiger partial charge in [0.1, 0.15) is 5.69 Å². The van der Waals surface area contributed by atoms with Crippen LogP contribution >= 0.6 is 0 Å². The SMILES string of the molecule is C=CCCc1nc2nc(C(NC(=O)c3ccnn3CC)C3CCC(F)(F)CC3)cn2nc1C.FC(F)F.O=C1CCCCN1. The van der Waals surface area contributed by atoms with Gasteiger partial charge in [-0.05, 0) is 64.4 Å². The quantitative estimate of drug-likeness (QED) is 0.251. The van der Waals surface area contributed by atoms with Crippen molar-refractivity contribution in [3.05, 3.63) is 53.9 Å². The van der Waals surface area contributed by atoms with Crippen LogP contribution in [0.15, 0.2) is 31.1 Å². The largest absolute Gasteiger partial charge is 0.379 e. The molecule has 0 spiro atoms. The molecule has 1 saturated heterocycles. The third kappa shape index (κ3) is 10.1. The molecule has 1 aliphatic heterocycles. The number of amides is 2. The van der Waals surface area contributed by atoms with Crippen LogP contribution in [0.5, 0.6) is 0 Å². The molecule has 5 rings (SSSR count). The van der Waals surface area contributed by atoms with E-state index in [0.717, 1.165) is 43.6 Å². The second-order valence-corrected chi connectivity index (χ2v) is 10.6. The summed E-state index contributed by atoms with van der Waals surface area (Å²) in [6, 6.07) is 1.11. The molecule has 0 bridgehead atoms. The van der Waals surface area contributed by atoms with Gasteiger partial charge in [-0.1, -0.05) is 6.08 Å². The number of piperidine rings is 1. The zero-order chi connectivity index (χ0) is 32.3. The van der Waals surface area contributed by atoms with Gasteiger partial charge in [0.05, 0.1) is 29.3 Å². The van der Waals surface area contributed by atoms with Gasteiger partial charge in [-0.15, -0.1) is 6.58 Å². The van der Waals surface area contributed by atoms with Crippen LogP contribution in [-0.2, 0) is 17.8 Å². The van der Waals surface area contributed by atoms with E-state index in [1.807, 2.05) is 19.9 Å². The first kappa shape index (κ1) is 34.6. The highest BCUT2D eigenvalue weighted by atomic mass is 19.4. The molecule has 1 aliphatic carbocycles. The summed E-state index contributed by atoms with van der Waals surface area (Å²) in [6.45, 7) is 5.30. The van der Waals surface area contributed by atoms with Crippen molar-refractivity contribution in [2.75, 3.05) is 6.54 Å². The molecule has 3 aromatic heterocycles. The molecule has 1 saturated carbocycles. The molecule has 2 amide bonds. The minimum absolute atomic E-state index is 0.169. The van der Waals surface area contributed by atoms with Crippen LogP contribution in [0, 0.1) is 12.8 Å². The van der Waals surface area contributed by atoms with Crippen molar-refractivity contribution in [2.24, 2.45) is 5.92 Å². The first-order valence-electron chi connectivity index (χ1n) is 14.7. The second-order valence-electron chi connectivity index (χ2n) is 10.6. The number of hydrogen-bond donors (Lipinski definition) is 2. The number of fused-ring (bicyclic) bond motifs is 1. The Kier molecular flexibility index (Phi) is 12.8. The Hall–Kier alpha value is -3.91. The van der Waals surface area contributed by atoms with E-state index in [2.05, 4.69) is 37.4 Å². The number of hydrogen-bond acceptors (Lipinski definition) is 6. The number of aryl methyl sites for hydroxylation is 3. The first-order chi connectivity index (χ1) is 20.9. The zero-order valence-electron chi connectivity index (χ0n) is 24.9. The van der Waals surface area contributed by atoms with Gasteiger partial charge >= 0.3 is 6.68 Å². The lowest BCUT2D eigenvalue weighted by molar-refractivity contribution is -0.122. The minimum atomic E-state index is -3.67. The summed E-state index contributed by atoms with van der Waals surface area (Å²) in [5, 5.41) is 14.5. The van der Waals surface area contributed by atoms with Gasteiger partial charge in [0, 0.05) is 38.5 Å². The number of carbonyl (C=O) groups excluding carboxylic acids is 2. The lowest BCUT2D eigenvalue weighted by atomic mass is 9.81. The number of halogens is 5. The van der Waals surface area contributed by atoms with Gasteiger partial charge < -0.3 is 10.6 Å². The lowest BCUT2D eigenvalue weighted by Gasteiger charge is -2.33. The molecule has 1 unspecified atom stereocenters. The Morgan fingerprint density at radius 1 is 1.23 bits per heavy atom. The predicted molar refractivity (Wildman–Crippen MR) is 153 cm³/mol. The van der Waals surface area contributed by atoms with Crippen molar-refractivity contribution in [3.63, 3.8) is 0 Å². The average molecular weight is 627 g/mol. The number of allylic oxidation sites excluding steroid dienone is 1. The summed E-state index contributed by atoms with van der Waals surface area (Å²) in [5.41, 5.74) is 2.62. The van der Waals surface area contributed by atoms with E-state index in [9.17, 15) is 31.5 Å². The highest BCUT2D eigenvalue weighted by Crippen LogP contribution is 2.41. The number of aromatic nitrogens is 6. The number of carbonyl (C=O) groups is 2. The molecule has 0 radical (unpaired) electrons. The van der Waals surface area contributed by atoms with Crippen molar-refractivity contribution in [1.82, 2.24) is 40.0 Å². The monoisotopic (exact) mass is 626 g/mol. The molecule has 44 heavy (non-hydrogen) atoms. The van der Waals surface area contributed by atoms with Crippen LogP contribution in [0.3, 0.4) is 0 Å². The van der Waals surface area contributed by atoms with Gasteiger partial charge in [-0.25, -0.2) is 23.3 Å². The maximum atomic E-state index is 13.8. The van der Waals surface area contributed by atoms with E-state index in [-0.39, 0.29) is 30.6 Å². The number of nitrogens with one attached hydrogen (secondary N) is 2. The first-order valence-corrected chi connectivity index (χ1v) is 14.7. The summed E-state index contributed by atoms with van der Waals surface area (Å²) in [7, 11) is 0. The Bertz CT molecular complexity index is 1370. The molecule has 1 atom stereocenters. The fraction of sp³-hybridized carbons (Fsp3) is 0.586. The molecule has 2 aliphatic rings. The van der Waals surface area contributed by atoms with Crippen molar-refractivity contribution in [1.29, 1.82) is 0 Å². The van der Waals surface area contributed by atoms with Crippen LogP contribution in [0.1, 0.15) is 91.9 Å². The van der Waals surface area contributed by atoms with Crippen molar-refractivity contribution >= 4 is 17.6 Å². The Morgan fingerprint density at radius 3 is 2.50 bits per heavy atom. The maximum Gasteiger partial charge on any atom is 0.379 e. The second kappa shape index (κ2) is 16.2. The van der Waals surface area contributed by atoms with Crippen LogP contribution in [0.4, 0.5) is 22.0 Å². The highest BCUT2D eigenvalue weighted by molar-refractivity contribution is 5.92. The van der Waals surface area contributed by atoms with Crippen molar-refractivity contribution < 1.29 is 31.5 Å². The predicted octanol–water partition coefficient (Wildman–Crippen LogP) is 5.53. The summed E-state index contributed by atoms with van der Waals surface area (Å²) >= 11 is 0. The lowest BCUT2D eigenvalue weighted by Crippen LogP contribution is -2.38. The molecule has 4 heterocycles. The molecule has 2 fully saturated rings. The van der Waals surface area contributed by atoms with E-state index in [0.29, 0.717) is 43.0 Å². The highest BCUT2D eigenvalue weighted by Gasteiger charge is 2.39. The van der Waals surface area contributed by atoms with Crippen LogP contribution in [-0.4, -0.2) is 60.3 Å². The van der Waals surface area contributed by atoms with E-state index in [1.54, 1.807) is 27.7 Å². The topological polar surface area (TPSA) is 119 Å².